The van der Waals surface area contributed by atoms with Gasteiger partial charge in [0.25, 0.3) is 0 Å². The van der Waals surface area contributed by atoms with Gasteiger partial charge in [0.2, 0.25) is 0 Å². The van der Waals surface area contributed by atoms with Gasteiger partial charge in [0.15, 0.2) is 0 Å². The molecular formula is C54H40. The summed E-state index contributed by atoms with van der Waals surface area (Å²) in [5.41, 5.74) is 21.5. The highest BCUT2D eigenvalue weighted by Gasteiger charge is 2.50. The van der Waals surface area contributed by atoms with Crippen LogP contribution in [0.1, 0.15) is 71.4 Å². The predicted octanol–water partition coefficient (Wildman–Crippen LogP) is 14.4. The highest BCUT2D eigenvalue weighted by Crippen LogP contribution is 2.66. The normalized spacial score (nSPS) is 21.6. The van der Waals surface area contributed by atoms with Gasteiger partial charge >= 0.3 is 0 Å². The molecule has 0 nitrogen and oxygen atoms in total. The fourth-order valence-electron chi connectivity index (χ4n) is 11.2. The minimum atomic E-state index is 0.303. The lowest BCUT2D eigenvalue weighted by molar-refractivity contribution is 0.656. The van der Waals surface area contributed by atoms with Crippen molar-refractivity contribution < 1.29 is 0 Å². The molecule has 6 aliphatic rings. The number of hydrogen-bond donors (Lipinski definition) is 0. The first-order valence-corrected chi connectivity index (χ1v) is 20.0. The van der Waals surface area contributed by atoms with Crippen LogP contribution >= 0.6 is 0 Å². The molecule has 0 aromatic heterocycles. The van der Waals surface area contributed by atoms with Crippen LogP contribution in [-0.4, -0.2) is 0 Å². The third-order valence-corrected chi connectivity index (χ3v) is 13.2. The SMILES string of the molecule is C1=CC(c2c3c(c(C4C=CCCC4)c4c(-c5ccccc5)c5ccccc5c(-c5ccccc5)c24)C2=CC=C4c5ccccc5C5=CC=C3C2C54)=CCC1. The summed E-state index contributed by atoms with van der Waals surface area (Å²) in [4.78, 5) is 0. The molecule has 0 heteroatoms. The fraction of sp³-hybridized carbons (Fsp3) is 0.148. The summed E-state index contributed by atoms with van der Waals surface area (Å²) in [5.74, 6) is 0.974. The first-order valence-electron chi connectivity index (χ1n) is 20.0. The van der Waals surface area contributed by atoms with Crippen molar-refractivity contribution >= 4 is 49.4 Å². The lowest BCUT2D eigenvalue weighted by atomic mass is 9.71. The van der Waals surface area contributed by atoms with Crippen LogP contribution in [-0.2, 0) is 0 Å². The number of fused-ring (bicyclic) bond motifs is 8. The van der Waals surface area contributed by atoms with Crippen molar-refractivity contribution in [2.45, 2.75) is 38.0 Å². The van der Waals surface area contributed by atoms with Gasteiger partial charge in [-0.3, -0.25) is 0 Å². The van der Waals surface area contributed by atoms with Crippen LogP contribution in [0.15, 0.2) is 164 Å². The van der Waals surface area contributed by atoms with E-state index in [9.17, 15) is 0 Å². The van der Waals surface area contributed by atoms with E-state index in [1.165, 1.54) is 111 Å². The molecule has 0 saturated heterocycles. The molecule has 3 unspecified atom stereocenters. The molecular weight excluding hydrogens is 649 g/mol. The van der Waals surface area contributed by atoms with E-state index in [1.807, 2.05) is 0 Å². The summed E-state index contributed by atoms with van der Waals surface area (Å²) in [5, 5.41) is 5.52. The maximum atomic E-state index is 2.57. The third kappa shape index (κ3) is 4.14. The Hall–Kier alpha value is -5.98. The molecule has 0 N–H and O–H groups in total. The highest BCUT2D eigenvalue weighted by atomic mass is 14.5. The molecule has 54 heavy (non-hydrogen) atoms. The summed E-state index contributed by atoms with van der Waals surface area (Å²) in [6.07, 6.45) is 28.2. The zero-order valence-electron chi connectivity index (χ0n) is 30.4. The maximum Gasteiger partial charge on any atom is 0.0212 e. The average Bonchev–Trinajstić information content (AvgIpc) is 3.75. The average molecular weight is 689 g/mol. The van der Waals surface area contributed by atoms with E-state index in [-0.39, 0.29) is 0 Å². The maximum absolute atomic E-state index is 2.57. The van der Waals surface area contributed by atoms with Crippen molar-refractivity contribution in [2.75, 3.05) is 0 Å². The smallest absolute Gasteiger partial charge is 0.0212 e. The van der Waals surface area contributed by atoms with Crippen molar-refractivity contribution in [3.63, 3.8) is 0 Å². The van der Waals surface area contributed by atoms with Crippen molar-refractivity contribution in [1.82, 2.24) is 0 Å². The van der Waals surface area contributed by atoms with E-state index in [4.69, 9.17) is 0 Å². The van der Waals surface area contributed by atoms with Gasteiger partial charge in [-0.15, -0.1) is 0 Å². The Morgan fingerprint density at radius 3 is 1.63 bits per heavy atom. The Labute approximate surface area is 317 Å². The molecule has 12 rings (SSSR count). The Balaban J connectivity index is 1.35. The summed E-state index contributed by atoms with van der Waals surface area (Å²) >= 11 is 0. The number of allylic oxidation sites excluding steroid dienone is 14. The molecule has 0 bridgehead atoms. The fourth-order valence-corrected chi connectivity index (χ4v) is 11.2. The van der Waals surface area contributed by atoms with Gasteiger partial charge in [0, 0.05) is 17.8 Å². The van der Waals surface area contributed by atoms with E-state index in [2.05, 4.69) is 164 Å². The summed E-state index contributed by atoms with van der Waals surface area (Å²) in [6.45, 7) is 0. The molecule has 6 aliphatic carbocycles. The van der Waals surface area contributed by atoms with Gasteiger partial charge in [0.05, 0.1) is 0 Å². The van der Waals surface area contributed by atoms with Crippen LogP contribution in [0.4, 0.5) is 0 Å². The minimum Gasteiger partial charge on any atom is -0.0879 e. The number of rotatable bonds is 4. The van der Waals surface area contributed by atoms with Crippen molar-refractivity contribution in [1.29, 1.82) is 0 Å². The van der Waals surface area contributed by atoms with E-state index in [1.54, 1.807) is 0 Å². The molecule has 256 valence electrons. The molecule has 0 spiro atoms. The van der Waals surface area contributed by atoms with E-state index in [0.29, 0.717) is 17.8 Å². The topological polar surface area (TPSA) is 0 Å². The largest absolute Gasteiger partial charge is 0.0879 e. The quantitative estimate of drug-likeness (QED) is 0.128. The zero-order valence-corrected chi connectivity index (χ0v) is 30.4. The molecule has 0 radical (unpaired) electrons. The van der Waals surface area contributed by atoms with Crippen LogP contribution in [0.25, 0.3) is 71.7 Å². The molecule has 0 aliphatic heterocycles. The van der Waals surface area contributed by atoms with Crippen molar-refractivity contribution in [3.05, 3.63) is 197 Å². The van der Waals surface area contributed by atoms with Gasteiger partial charge in [-0.1, -0.05) is 164 Å². The van der Waals surface area contributed by atoms with Crippen LogP contribution in [0, 0.1) is 11.8 Å². The monoisotopic (exact) mass is 688 g/mol. The Morgan fingerprint density at radius 2 is 1.02 bits per heavy atom. The van der Waals surface area contributed by atoms with Crippen LogP contribution in [0.5, 0.6) is 0 Å². The second kappa shape index (κ2) is 11.8. The van der Waals surface area contributed by atoms with Crippen molar-refractivity contribution in [3.8, 4) is 22.3 Å². The predicted molar refractivity (Wildman–Crippen MR) is 230 cm³/mol. The number of hydrogen-bond acceptors (Lipinski definition) is 0. The van der Waals surface area contributed by atoms with Crippen molar-refractivity contribution in [2.24, 2.45) is 11.8 Å². The Kier molecular flexibility index (Phi) is 6.64. The molecule has 0 fully saturated rings. The highest BCUT2D eigenvalue weighted by molar-refractivity contribution is 6.28. The van der Waals surface area contributed by atoms with Gasteiger partial charge in [-0.2, -0.15) is 0 Å². The van der Waals surface area contributed by atoms with Gasteiger partial charge in [-0.25, -0.2) is 0 Å². The molecule has 0 saturated carbocycles. The second-order valence-corrected chi connectivity index (χ2v) is 15.9. The Bertz CT molecular complexity index is 2830. The molecule has 0 heterocycles. The molecule has 6 aromatic carbocycles. The molecule has 3 atom stereocenters. The lowest BCUT2D eigenvalue weighted by Gasteiger charge is -2.31. The van der Waals surface area contributed by atoms with Gasteiger partial charge < -0.3 is 0 Å². The van der Waals surface area contributed by atoms with Gasteiger partial charge in [0.1, 0.15) is 0 Å². The van der Waals surface area contributed by atoms with Crippen LogP contribution in [0.2, 0.25) is 0 Å². The lowest BCUT2D eigenvalue weighted by Crippen LogP contribution is -2.18. The molecule has 6 aromatic rings. The molecule has 0 amide bonds. The van der Waals surface area contributed by atoms with Crippen LogP contribution < -0.4 is 0 Å². The third-order valence-electron chi connectivity index (χ3n) is 13.2. The van der Waals surface area contributed by atoms with Crippen LogP contribution in [0.3, 0.4) is 0 Å². The van der Waals surface area contributed by atoms with E-state index < -0.39 is 0 Å². The first-order chi connectivity index (χ1) is 26.9. The summed E-state index contributed by atoms with van der Waals surface area (Å²) in [7, 11) is 0. The summed E-state index contributed by atoms with van der Waals surface area (Å²) < 4.78 is 0. The summed E-state index contributed by atoms with van der Waals surface area (Å²) in [6, 6.07) is 41.0. The Morgan fingerprint density at radius 1 is 0.444 bits per heavy atom. The standard InChI is InChI=1S/C54H40/c1-5-17-33(18-6-1)45-39-27-15-16-28-40(39)46(34-19-7-2-8-20-34)54-48(36-23-11-4-12-24-36)52-44-32-30-42-38-26-14-13-25-37(38)41-29-31-43(50(44)49(41)42)51(52)47(53(45)54)35-21-9-3-10-22-35/h1-2,5-9,11,13-23,25-32,36,49-50H,3-4,10,12,24H2. The first kappa shape index (κ1) is 30.5. The van der Waals surface area contributed by atoms with E-state index >= 15 is 0 Å². The van der Waals surface area contributed by atoms with Gasteiger partial charge in [-0.05, 0) is 137 Å². The zero-order chi connectivity index (χ0) is 35.3. The second-order valence-electron chi connectivity index (χ2n) is 15.9. The number of benzene rings is 6. The minimum absolute atomic E-state index is 0.303. The van der Waals surface area contributed by atoms with E-state index in [0.717, 1.165) is 25.7 Å².